The molecule has 1 aliphatic heterocycles. The quantitative estimate of drug-likeness (QED) is 0.845. The third-order valence-electron chi connectivity index (χ3n) is 4.62. The summed E-state index contributed by atoms with van der Waals surface area (Å²) in [5.74, 6) is 1.08. The average molecular weight is 328 g/mol. The van der Waals surface area contributed by atoms with E-state index in [1.54, 1.807) is 13.4 Å². The van der Waals surface area contributed by atoms with Crippen molar-refractivity contribution in [1.82, 2.24) is 19.7 Å². The molecule has 0 N–H and O–H groups in total. The fourth-order valence-corrected chi connectivity index (χ4v) is 3.17. The van der Waals surface area contributed by atoms with Gasteiger partial charge in [-0.15, -0.1) is 10.2 Å². The van der Waals surface area contributed by atoms with E-state index in [9.17, 15) is 4.79 Å². The van der Waals surface area contributed by atoms with E-state index in [0.717, 1.165) is 43.7 Å². The molecule has 0 saturated carbocycles. The lowest BCUT2D eigenvalue weighted by atomic mass is 10.0. The van der Waals surface area contributed by atoms with Crippen molar-refractivity contribution < 1.29 is 9.53 Å². The van der Waals surface area contributed by atoms with Gasteiger partial charge in [-0.3, -0.25) is 4.79 Å². The second-order valence-corrected chi connectivity index (χ2v) is 6.29. The molecule has 2 heterocycles. The summed E-state index contributed by atoms with van der Waals surface area (Å²) in [6, 6.07) is 8.14. The molecule has 1 saturated heterocycles. The van der Waals surface area contributed by atoms with E-state index in [4.69, 9.17) is 4.74 Å². The molecule has 1 fully saturated rings. The lowest BCUT2D eigenvalue weighted by molar-refractivity contribution is 0.0693. The summed E-state index contributed by atoms with van der Waals surface area (Å²) in [5.41, 5.74) is 1.94. The molecule has 2 aromatic rings. The molecule has 128 valence electrons. The minimum absolute atomic E-state index is 0.122. The lowest BCUT2D eigenvalue weighted by Gasteiger charge is -2.33. The van der Waals surface area contributed by atoms with Gasteiger partial charge in [-0.05, 0) is 31.9 Å². The Bertz CT molecular complexity index is 673. The second-order valence-electron chi connectivity index (χ2n) is 6.29. The molecule has 0 aliphatic carbocycles. The summed E-state index contributed by atoms with van der Waals surface area (Å²) < 4.78 is 7.27. The molecule has 1 aliphatic rings. The number of amides is 1. The molecule has 3 rings (SSSR count). The summed E-state index contributed by atoms with van der Waals surface area (Å²) in [7, 11) is 1.69. The van der Waals surface area contributed by atoms with Gasteiger partial charge in [-0.2, -0.15) is 0 Å². The number of nitrogens with zero attached hydrogens (tertiary/aromatic N) is 4. The Morgan fingerprint density at radius 1 is 1.25 bits per heavy atom. The summed E-state index contributed by atoms with van der Waals surface area (Å²) in [6.45, 7) is 4.20. The molecule has 1 aromatic carbocycles. The molecular weight excluding hydrogens is 304 g/mol. The van der Waals surface area contributed by atoms with Crippen LogP contribution in [-0.4, -0.2) is 52.4 Å². The number of carbonyl (C=O) groups is 1. The molecule has 0 bridgehead atoms. The number of hydrogen-bond donors (Lipinski definition) is 0. The van der Waals surface area contributed by atoms with E-state index in [1.165, 1.54) is 5.56 Å². The number of methoxy groups -OCH3 is 1. The molecule has 24 heavy (non-hydrogen) atoms. The number of carbonyl (C=O) groups excluding carboxylic acids is 1. The molecule has 1 aromatic heterocycles. The Balaban J connectivity index is 1.60. The molecule has 6 nitrogen and oxygen atoms in total. The standard InChI is InChI=1S/C18H24N4O2/c1-14-3-5-15(6-4-14)18(23)21-10-7-16(8-11-21)22-13-19-20-17(22)9-12-24-2/h3-6,13,16H,7-12H2,1-2H3. The number of rotatable bonds is 5. The van der Waals surface area contributed by atoms with Crippen LogP contribution in [0.15, 0.2) is 30.6 Å². The molecule has 6 heteroatoms. The maximum atomic E-state index is 12.6. The average Bonchev–Trinajstić information content (AvgIpc) is 3.08. The van der Waals surface area contributed by atoms with Gasteiger partial charge in [0.15, 0.2) is 0 Å². The number of hydrogen-bond acceptors (Lipinski definition) is 4. The van der Waals surface area contributed by atoms with Gasteiger partial charge in [0, 0.05) is 38.2 Å². The number of piperidine rings is 1. The van der Waals surface area contributed by atoms with Crippen molar-refractivity contribution >= 4 is 5.91 Å². The van der Waals surface area contributed by atoms with Crippen LogP contribution in [0.3, 0.4) is 0 Å². The van der Waals surface area contributed by atoms with E-state index >= 15 is 0 Å². The van der Waals surface area contributed by atoms with Gasteiger partial charge >= 0.3 is 0 Å². The van der Waals surface area contributed by atoms with Crippen LogP contribution in [0.1, 0.15) is 40.6 Å². The predicted molar refractivity (Wildman–Crippen MR) is 91.0 cm³/mol. The van der Waals surface area contributed by atoms with Crippen molar-refractivity contribution in [2.75, 3.05) is 26.8 Å². The zero-order valence-corrected chi connectivity index (χ0v) is 14.3. The van der Waals surface area contributed by atoms with E-state index in [0.29, 0.717) is 12.6 Å². The SMILES string of the molecule is COCCc1nncn1C1CCN(C(=O)c2ccc(C)cc2)CC1. The number of ether oxygens (including phenoxy) is 1. The Hall–Kier alpha value is -2.21. The summed E-state index contributed by atoms with van der Waals surface area (Å²) >= 11 is 0. The van der Waals surface area contributed by atoms with E-state index < -0.39 is 0 Å². The van der Waals surface area contributed by atoms with Crippen LogP contribution in [0.25, 0.3) is 0 Å². The van der Waals surface area contributed by atoms with Crippen LogP contribution in [0.2, 0.25) is 0 Å². The van der Waals surface area contributed by atoms with Crippen molar-refractivity contribution in [3.05, 3.63) is 47.5 Å². The third-order valence-corrected chi connectivity index (χ3v) is 4.62. The highest BCUT2D eigenvalue weighted by atomic mass is 16.5. The number of aryl methyl sites for hydroxylation is 1. The highest BCUT2D eigenvalue weighted by molar-refractivity contribution is 5.94. The Kier molecular flexibility index (Phi) is 5.25. The largest absolute Gasteiger partial charge is 0.384 e. The number of aromatic nitrogens is 3. The lowest BCUT2D eigenvalue weighted by Crippen LogP contribution is -2.39. The Morgan fingerprint density at radius 3 is 2.62 bits per heavy atom. The highest BCUT2D eigenvalue weighted by Crippen LogP contribution is 2.24. The third kappa shape index (κ3) is 3.64. The van der Waals surface area contributed by atoms with Gasteiger partial charge in [0.05, 0.1) is 6.61 Å². The van der Waals surface area contributed by atoms with Crippen molar-refractivity contribution in [1.29, 1.82) is 0 Å². The van der Waals surface area contributed by atoms with Crippen molar-refractivity contribution in [3.63, 3.8) is 0 Å². The van der Waals surface area contributed by atoms with Crippen molar-refractivity contribution in [3.8, 4) is 0 Å². The zero-order chi connectivity index (χ0) is 16.9. The summed E-state index contributed by atoms with van der Waals surface area (Å²) in [4.78, 5) is 14.5. The Morgan fingerprint density at radius 2 is 1.96 bits per heavy atom. The molecule has 0 spiro atoms. The number of benzene rings is 1. The first-order valence-corrected chi connectivity index (χ1v) is 8.42. The van der Waals surface area contributed by atoms with Crippen LogP contribution in [0.5, 0.6) is 0 Å². The normalized spacial score (nSPS) is 15.7. The first-order chi connectivity index (χ1) is 11.7. The van der Waals surface area contributed by atoms with Gasteiger partial charge in [-0.1, -0.05) is 17.7 Å². The van der Waals surface area contributed by atoms with Crippen LogP contribution >= 0.6 is 0 Å². The van der Waals surface area contributed by atoms with E-state index in [2.05, 4.69) is 14.8 Å². The minimum atomic E-state index is 0.122. The first-order valence-electron chi connectivity index (χ1n) is 8.42. The second kappa shape index (κ2) is 7.57. The predicted octanol–water partition coefficient (Wildman–Crippen LogP) is 2.25. The van der Waals surface area contributed by atoms with Gasteiger partial charge in [0.25, 0.3) is 5.91 Å². The van der Waals surface area contributed by atoms with Crippen molar-refractivity contribution in [2.24, 2.45) is 0 Å². The fourth-order valence-electron chi connectivity index (χ4n) is 3.17. The summed E-state index contributed by atoms with van der Waals surface area (Å²) in [6.07, 6.45) is 4.41. The fraction of sp³-hybridized carbons (Fsp3) is 0.500. The van der Waals surface area contributed by atoms with Crippen LogP contribution in [0, 0.1) is 6.92 Å². The molecular formula is C18H24N4O2. The van der Waals surface area contributed by atoms with Gasteiger partial charge < -0.3 is 14.2 Å². The smallest absolute Gasteiger partial charge is 0.253 e. The van der Waals surface area contributed by atoms with Gasteiger partial charge in [0.2, 0.25) is 0 Å². The zero-order valence-electron chi connectivity index (χ0n) is 14.3. The maximum Gasteiger partial charge on any atom is 0.253 e. The molecule has 0 atom stereocenters. The molecule has 0 unspecified atom stereocenters. The van der Waals surface area contributed by atoms with Crippen LogP contribution in [-0.2, 0) is 11.2 Å². The molecule has 0 radical (unpaired) electrons. The number of likely N-dealkylation sites (tertiary alicyclic amines) is 1. The van der Waals surface area contributed by atoms with Crippen LogP contribution in [0.4, 0.5) is 0 Å². The monoisotopic (exact) mass is 328 g/mol. The van der Waals surface area contributed by atoms with Gasteiger partial charge in [-0.25, -0.2) is 0 Å². The molecule has 1 amide bonds. The first kappa shape index (κ1) is 16.6. The van der Waals surface area contributed by atoms with Crippen LogP contribution < -0.4 is 0 Å². The Labute approximate surface area is 142 Å². The van der Waals surface area contributed by atoms with E-state index in [1.807, 2.05) is 36.1 Å². The topological polar surface area (TPSA) is 60.3 Å². The maximum absolute atomic E-state index is 12.6. The minimum Gasteiger partial charge on any atom is -0.384 e. The van der Waals surface area contributed by atoms with Gasteiger partial charge in [0.1, 0.15) is 12.2 Å². The highest BCUT2D eigenvalue weighted by Gasteiger charge is 2.25. The summed E-state index contributed by atoms with van der Waals surface area (Å²) in [5, 5.41) is 8.23. The van der Waals surface area contributed by atoms with E-state index in [-0.39, 0.29) is 5.91 Å². The van der Waals surface area contributed by atoms with Crippen molar-refractivity contribution in [2.45, 2.75) is 32.2 Å².